The fraction of sp³-hybridized carbons (Fsp3) is 0.211. The molecule has 3 rings (SSSR count). The van der Waals surface area contributed by atoms with Crippen LogP contribution < -0.4 is 16.0 Å². The smallest absolute Gasteiger partial charge is 0.325 e. The van der Waals surface area contributed by atoms with E-state index in [1.807, 2.05) is 0 Å². The summed E-state index contributed by atoms with van der Waals surface area (Å²) >= 11 is 0.975. The van der Waals surface area contributed by atoms with Gasteiger partial charge in [0.25, 0.3) is 12.3 Å². The largest absolute Gasteiger partial charge is 0.371 e. The number of amides is 3. The Labute approximate surface area is 172 Å². The molecule has 0 saturated carbocycles. The van der Waals surface area contributed by atoms with E-state index in [1.165, 1.54) is 42.5 Å². The first-order chi connectivity index (χ1) is 14.2. The lowest BCUT2D eigenvalue weighted by molar-refractivity contribution is -0.160. The van der Waals surface area contributed by atoms with E-state index in [2.05, 4.69) is 20.9 Å². The quantitative estimate of drug-likeness (QED) is 0.472. The Bertz CT molecular complexity index is 1070. The summed E-state index contributed by atoms with van der Waals surface area (Å²) in [7, 11) is 0. The first kappa shape index (κ1) is 21.5. The van der Waals surface area contributed by atoms with Crippen molar-refractivity contribution in [1.29, 1.82) is 0 Å². The van der Waals surface area contributed by atoms with E-state index in [-0.39, 0.29) is 17.2 Å². The molecule has 7 nitrogen and oxygen atoms in total. The van der Waals surface area contributed by atoms with Crippen molar-refractivity contribution in [2.75, 3.05) is 17.2 Å². The Hall–Kier alpha value is -3.18. The number of carbonyl (C=O) groups is 2. The van der Waals surface area contributed by atoms with Crippen LogP contribution in [0.15, 0.2) is 42.5 Å². The van der Waals surface area contributed by atoms with Crippen molar-refractivity contribution in [2.45, 2.75) is 19.0 Å². The number of hydrogen-bond donors (Lipinski definition) is 4. The van der Waals surface area contributed by atoms with Crippen molar-refractivity contribution in [2.24, 2.45) is 0 Å². The summed E-state index contributed by atoms with van der Waals surface area (Å²) in [5.41, 5.74) is -2.56. The Morgan fingerprint density at radius 3 is 2.50 bits per heavy atom. The molecule has 30 heavy (non-hydrogen) atoms. The van der Waals surface area contributed by atoms with Crippen LogP contribution in [0.5, 0.6) is 0 Å². The fourth-order valence-electron chi connectivity index (χ4n) is 2.66. The number of anilines is 2. The third-order valence-electron chi connectivity index (χ3n) is 4.15. The number of nitrogens with zero attached hydrogens (tertiary/aromatic N) is 1. The van der Waals surface area contributed by atoms with Crippen molar-refractivity contribution in [1.82, 2.24) is 10.3 Å². The minimum atomic E-state index is -3.35. The fourth-order valence-corrected chi connectivity index (χ4v) is 3.56. The Morgan fingerprint density at radius 2 is 1.87 bits per heavy atom. The molecular weight excluding hydrogens is 421 g/mol. The Morgan fingerprint density at radius 1 is 1.17 bits per heavy atom. The SMILES string of the molecule is CCNC(=O)C(O)(c1ccc2nc(NC(=O)Nc3ccc(F)cc3)sc2c1)C(F)F. The molecule has 0 radical (unpaired) electrons. The molecule has 1 aromatic heterocycles. The summed E-state index contributed by atoms with van der Waals surface area (Å²) in [6.07, 6.45) is -3.35. The molecule has 0 aliphatic heterocycles. The molecule has 0 fully saturated rings. The molecule has 1 heterocycles. The molecule has 0 saturated heterocycles. The van der Waals surface area contributed by atoms with Crippen LogP contribution in [0.1, 0.15) is 12.5 Å². The van der Waals surface area contributed by atoms with Crippen molar-refractivity contribution in [3.8, 4) is 0 Å². The normalized spacial score (nSPS) is 13.1. The standard InChI is InChI=1S/C19H17F3N4O3S/c1-2-23-16(27)19(29,15(21)22)10-3-8-13-14(9-10)30-18(25-13)26-17(28)24-12-6-4-11(20)5-7-12/h3-9,15,29H,2H2,1H3,(H,23,27)(H2,24,25,26,28). The van der Waals surface area contributed by atoms with Gasteiger partial charge in [-0.1, -0.05) is 17.4 Å². The van der Waals surface area contributed by atoms with Gasteiger partial charge in [-0.25, -0.2) is 22.9 Å². The molecule has 1 atom stereocenters. The maximum atomic E-state index is 13.5. The van der Waals surface area contributed by atoms with Crippen molar-refractivity contribution in [3.63, 3.8) is 0 Å². The van der Waals surface area contributed by atoms with Crippen LogP contribution in [-0.4, -0.2) is 35.0 Å². The predicted molar refractivity (Wildman–Crippen MR) is 107 cm³/mol. The van der Waals surface area contributed by atoms with Gasteiger partial charge in [0.2, 0.25) is 5.60 Å². The second kappa shape index (κ2) is 8.67. The van der Waals surface area contributed by atoms with Crippen LogP contribution >= 0.6 is 11.3 Å². The third-order valence-corrected chi connectivity index (χ3v) is 5.08. The first-order valence-corrected chi connectivity index (χ1v) is 9.59. The van der Waals surface area contributed by atoms with Crippen LogP contribution in [-0.2, 0) is 10.4 Å². The van der Waals surface area contributed by atoms with Crippen LogP contribution in [0.3, 0.4) is 0 Å². The first-order valence-electron chi connectivity index (χ1n) is 8.77. The molecule has 1 unspecified atom stereocenters. The third kappa shape index (κ3) is 4.36. The second-order valence-electron chi connectivity index (χ2n) is 6.21. The number of fused-ring (bicyclic) bond motifs is 1. The Balaban J connectivity index is 1.82. The number of thiazole rings is 1. The van der Waals surface area contributed by atoms with Crippen LogP contribution in [0.4, 0.5) is 28.8 Å². The lowest BCUT2D eigenvalue weighted by Crippen LogP contribution is -2.49. The summed E-state index contributed by atoms with van der Waals surface area (Å²) in [4.78, 5) is 28.3. The molecule has 3 aromatic rings. The number of aromatic nitrogens is 1. The van der Waals surface area contributed by atoms with Crippen molar-refractivity contribution in [3.05, 3.63) is 53.8 Å². The van der Waals surface area contributed by atoms with E-state index in [0.29, 0.717) is 15.9 Å². The van der Waals surface area contributed by atoms with Crippen LogP contribution in [0.25, 0.3) is 10.2 Å². The van der Waals surface area contributed by atoms with Crippen LogP contribution in [0, 0.1) is 5.82 Å². The number of benzene rings is 2. The number of urea groups is 1. The van der Waals surface area contributed by atoms with Gasteiger partial charge in [0, 0.05) is 17.8 Å². The maximum Gasteiger partial charge on any atom is 0.325 e. The van der Waals surface area contributed by atoms with Gasteiger partial charge in [-0.2, -0.15) is 0 Å². The molecule has 0 spiro atoms. The predicted octanol–water partition coefficient (Wildman–Crippen LogP) is 3.67. The number of halogens is 3. The molecule has 0 bridgehead atoms. The summed E-state index contributed by atoms with van der Waals surface area (Å²) in [6, 6.07) is 8.30. The summed E-state index contributed by atoms with van der Waals surface area (Å²) in [5.74, 6) is -1.65. The van der Waals surface area contributed by atoms with Gasteiger partial charge in [0.05, 0.1) is 10.2 Å². The van der Waals surface area contributed by atoms with E-state index < -0.39 is 29.8 Å². The van der Waals surface area contributed by atoms with Gasteiger partial charge in [0.1, 0.15) is 5.82 Å². The highest BCUT2D eigenvalue weighted by Crippen LogP contribution is 2.34. The van der Waals surface area contributed by atoms with Crippen molar-refractivity contribution < 1.29 is 27.9 Å². The van der Waals surface area contributed by atoms with Gasteiger partial charge in [-0.15, -0.1) is 0 Å². The molecule has 3 amide bonds. The molecule has 0 aliphatic carbocycles. The van der Waals surface area contributed by atoms with Gasteiger partial charge < -0.3 is 15.7 Å². The number of likely N-dealkylation sites (N-methyl/N-ethyl adjacent to an activating group) is 1. The zero-order valence-electron chi connectivity index (χ0n) is 15.6. The molecular formula is C19H17F3N4O3S. The Kier molecular flexibility index (Phi) is 6.22. The van der Waals surface area contributed by atoms with E-state index in [4.69, 9.17) is 0 Å². The van der Waals surface area contributed by atoms with Gasteiger partial charge in [0.15, 0.2) is 5.13 Å². The lowest BCUT2D eigenvalue weighted by Gasteiger charge is -2.26. The number of alkyl halides is 2. The lowest BCUT2D eigenvalue weighted by atomic mass is 9.93. The maximum absolute atomic E-state index is 13.5. The van der Waals surface area contributed by atoms with E-state index >= 15 is 0 Å². The molecule has 11 heteroatoms. The second-order valence-corrected chi connectivity index (χ2v) is 7.24. The minimum absolute atomic E-state index is 0.0773. The highest BCUT2D eigenvalue weighted by atomic mass is 32.1. The number of hydrogen-bond acceptors (Lipinski definition) is 5. The summed E-state index contributed by atoms with van der Waals surface area (Å²) in [5, 5.41) is 17.7. The molecule has 4 N–H and O–H groups in total. The highest BCUT2D eigenvalue weighted by molar-refractivity contribution is 7.22. The van der Waals surface area contributed by atoms with Gasteiger partial charge in [-0.3, -0.25) is 10.1 Å². The summed E-state index contributed by atoms with van der Waals surface area (Å²) in [6.45, 7) is 1.62. The van der Waals surface area contributed by atoms with E-state index in [1.54, 1.807) is 6.92 Å². The van der Waals surface area contributed by atoms with E-state index in [0.717, 1.165) is 11.3 Å². The molecule has 0 aliphatic rings. The monoisotopic (exact) mass is 438 g/mol. The number of rotatable bonds is 6. The number of nitrogens with one attached hydrogen (secondary N) is 3. The zero-order chi connectivity index (χ0) is 21.9. The summed E-state index contributed by atoms with van der Waals surface area (Å²) < 4.78 is 40.4. The average Bonchev–Trinajstić information content (AvgIpc) is 3.10. The average molecular weight is 438 g/mol. The van der Waals surface area contributed by atoms with Gasteiger partial charge >= 0.3 is 6.03 Å². The van der Waals surface area contributed by atoms with Gasteiger partial charge in [-0.05, 0) is 43.3 Å². The van der Waals surface area contributed by atoms with E-state index in [9.17, 15) is 27.9 Å². The highest BCUT2D eigenvalue weighted by Gasteiger charge is 2.47. The minimum Gasteiger partial charge on any atom is -0.371 e. The molecule has 2 aromatic carbocycles. The van der Waals surface area contributed by atoms with Crippen molar-refractivity contribution >= 4 is 44.3 Å². The topological polar surface area (TPSA) is 103 Å². The number of carbonyl (C=O) groups excluding carboxylic acids is 2. The number of aliphatic hydroxyl groups is 1. The van der Waals surface area contributed by atoms with Crippen LogP contribution in [0.2, 0.25) is 0 Å². The molecule has 158 valence electrons. The zero-order valence-corrected chi connectivity index (χ0v) is 16.4.